The lowest BCUT2D eigenvalue weighted by Crippen LogP contribution is -2.26. The normalized spacial score (nSPS) is 30.6. The van der Waals surface area contributed by atoms with Crippen molar-refractivity contribution in [3.8, 4) is 0 Å². The number of nitro benzene ring substituents is 1. The van der Waals surface area contributed by atoms with Gasteiger partial charge in [0.2, 0.25) is 0 Å². The van der Waals surface area contributed by atoms with Crippen LogP contribution in [0.4, 0.5) is 11.4 Å². The number of fused-ring (bicyclic) bond motifs is 1. The van der Waals surface area contributed by atoms with Crippen LogP contribution in [0.3, 0.4) is 0 Å². The van der Waals surface area contributed by atoms with Crippen molar-refractivity contribution in [2.75, 3.05) is 5.32 Å². The first-order valence-electron chi connectivity index (χ1n) is 8.19. The first-order chi connectivity index (χ1) is 10.5. The fraction of sp³-hybridized carbons (Fsp3) is 0.556. The van der Waals surface area contributed by atoms with E-state index in [0.29, 0.717) is 11.8 Å². The Morgan fingerprint density at radius 1 is 1.27 bits per heavy atom. The number of anilines is 1. The molecule has 1 unspecified atom stereocenters. The van der Waals surface area contributed by atoms with Crippen molar-refractivity contribution in [3.63, 3.8) is 0 Å². The van der Waals surface area contributed by atoms with Gasteiger partial charge < -0.3 is 5.32 Å². The SMILES string of the molecule is Cc1ccc([N+](=O)[O-])cc1NC1=CC(C)[C@@H]2CC[C@@H](C)C[C@@H]12. The summed E-state index contributed by atoms with van der Waals surface area (Å²) in [5, 5.41) is 14.5. The van der Waals surface area contributed by atoms with Gasteiger partial charge in [-0.05, 0) is 43.1 Å². The maximum Gasteiger partial charge on any atom is 0.271 e. The summed E-state index contributed by atoms with van der Waals surface area (Å²) in [7, 11) is 0. The van der Waals surface area contributed by atoms with E-state index in [1.54, 1.807) is 12.1 Å². The first-order valence-corrected chi connectivity index (χ1v) is 8.19. The molecule has 2 aliphatic carbocycles. The van der Waals surface area contributed by atoms with Crippen LogP contribution >= 0.6 is 0 Å². The summed E-state index contributed by atoms with van der Waals surface area (Å²) in [6.45, 7) is 6.62. The third-order valence-electron chi connectivity index (χ3n) is 5.39. The molecule has 1 aromatic carbocycles. The Morgan fingerprint density at radius 2 is 2.05 bits per heavy atom. The molecule has 0 heterocycles. The number of rotatable bonds is 3. The van der Waals surface area contributed by atoms with Gasteiger partial charge >= 0.3 is 0 Å². The summed E-state index contributed by atoms with van der Waals surface area (Å²) in [6, 6.07) is 5.04. The molecule has 22 heavy (non-hydrogen) atoms. The van der Waals surface area contributed by atoms with Crippen LogP contribution in [-0.4, -0.2) is 4.92 Å². The quantitative estimate of drug-likeness (QED) is 0.638. The van der Waals surface area contributed by atoms with E-state index in [9.17, 15) is 10.1 Å². The molecule has 0 radical (unpaired) electrons. The molecule has 0 aromatic heterocycles. The highest BCUT2D eigenvalue weighted by Crippen LogP contribution is 2.47. The molecule has 0 bridgehead atoms. The largest absolute Gasteiger partial charge is 0.359 e. The molecule has 0 aliphatic heterocycles. The van der Waals surface area contributed by atoms with Gasteiger partial charge in [0.15, 0.2) is 0 Å². The maximum atomic E-state index is 11.0. The second-order valence-electron chi connectivity index (χ2n) is 7.05. The minimum absolute atomic E-state index is 0.147. The number of hydrogen-bond acceptors (Lipinski definition) is 3. The minimum Gasteiger partial charge on any atom is -0.359 e. The number of nitrogens with zero attached hydrogens (tertiary/aromatic N) is 1. The van der Waals surface area contributed by atoms with Gasteiger partial charge in [0.1, 0.15) is 0 Å². The van der Waals surface area contributed by atoms with E-state index in [2.05, 4.69) is 25.2 Å². The number of non-ortho nitro benzene ring substituents is 1. The maximum absolute atomic E-state index is 11.0. The van der Waals surface area contributed by atoms with Crippen molar-refractivity contribution in [2.24, 2.45) is 23.7 Å². The molecular formula is C18H24N2O2. The third kappa shape index (κ3) is 2.74. The molecule has 4 atom stereocenters. The Bertz CT molecular complexity index is 624. The van der Waals surface area contributed by atoms with Crippen molar-refractivity contribution < 1.29 is 4.92 Å². The molecule has 1 fully saturated rings. The second-order valence-corrected chi connectivity index (χ2v) is 7.05. The molecule has 118 valence electrons. The Balaban J connectivity index is 1.85. The molecule has 1 saturated carbocycles. The number of allylic oxidation sites excluding steroid dienone is 2. The van der Waals surface area contributed by atoms with Crippen LogP contribution in [0.2, 0.25) is 0 Å². The lowest BCUT2D eigenvalue weighted by molar-refractivity contribution is -0.384. The van der Waals surface area contributed by atoms with Crippen LogP contribution in [0.25, 0.3) is 0 Å². The smallest absolute Gasteiger partial charge is 0.271 e. The van der Waals surface area contributed by atoms with Crippen LogP contribution < -0.4 is 5.32 Å². The lowest BCUT2D eigenvalue weighted by atomic mass is 9.73. The number of hydrogen-bond donors (Lipinski definition) is 1. The number of nitrogens with one attached hydrogen (secondary N) is 1. The summed E-state index contributed by atoms with van der Waals surface area (Å²) in [5.74, 6) is 2.68. The van der Waals surface area contributed by atoms with Crippen molar-refractivity contribution in [3.05, 3.63) is 45.6 Å². The van der Waals surface area contributed by atoms with E-state index in [1.807, 2.05) is 13.0 Å². The second kappa shape index (κ2) is 5.75. The summed E-state index contributed by atoms with van der Waals surface area (Å²) in [6.07, 6.45) is 6.18. The highest BCUT2D eigenvalue weighted by molar-refractivity contribution is 5.60. The van der Waals surface area contributed by atoms with Crippen molar-refractivity contribution in [2.45, 2.75) is 40.0 Å². The van der Waals surface area contributed by atoms with Gasteiger partial charge in [-0.2, -0.15) is 0 Å². The van der Waals surface area contributed by atoms with Gasteiger partial charge in [-0.1, -0.05) is 32.4 Å². The molecule has 2 aliphatic rings. The van der Waals surface area contributed by atoms with Gasteiger partial charge in [0.05, 0.1) is 4.92 Å². The number of benzene rings is 1. The van der Waals surface area contributed by atoms with Gasteiger partial charge in [0.25, 0.3) is 5.69 Å². The average molecular weight is 300 g/mol. The van der Waals surface area contributed by atoms with Crippen molar-refractivity contribution in [1.82, 2.24) is 0 Å². The van der Waals surface area contributed by atoms with Crippen molar-refractivity contribution in [1.29, 1.82) is 0 Å². The standard InChI is InChI=1S/C18H24N2O2/c1-11-4-7-15-13(3)9-18(16(15)8-11)19-17-10-14(20(21)22)6-5-12(17)2/h5-6,9-11,13,15-16,19H,4,7-8H2,1-3H3/t11-,13?,15+,16-/m1/s1. The molecule has 0 saturated heterocycles. The van der Waals surface area contributed by atoms with Crippen LogP contribution in [0.15, 0.2) is 30.0 Å². The zero-order valence-corrected chi connectivity index (χ0v) is 13.5. The lowest BCUT2D eigenvalue weighted by Gasteiger charge is -2.34. The van der Waals surface area contributed by atoms with Crippen LogP contribution in [0.5, 0.6) is 0 Å². The van der Waals surface area contributed by atoms with E-state index in [0.717, 1.165) is 23.1 Å². The van der Waals surface area contributed by atoms with Gasteiger partial charge in [-0.25, -0.2) is 0 Å². The molecule has 3 rings (SSSR count). The zero-order chi connectivity index (χ0) is 15.9. The monoisotopic (exact) mass is 300 g/mol. The Morgan fingerprint density at radius 3 is 2.77 bits per heavy atom. The Kier molecular flexibility index (Phi) is 3.94. The van der Waals surface area contributed by atoms with E-state index >= 15 is 0 Å². The topological polar surface area (TPSA) is 55.2 Å². The van der Waals surface area contributed by atoms with Gasteiger partial charge in [-0.3, -0.25) is 10.1 Å². The summed E-state index contributed by atoms with van der Waals surface area (Å²) in [4.78, 5) is 10.7. The minimum atomic E-state index is -0.332. The highest BCUT2D eigenvalue weighted by Gasteiger charge is 2.38. The van der Waals surface area contributed by atoms with E-state index in [-0.39, 0.29) is 10.6 Å². The predicted molar refractivity (Wildman–Crippen MR) is 88.7 cm³/mol. The van der Waals surface area contributed by atoms with E-state index in [1.165, 1.54) is 25.0 Å². The van der Waals surface area contributed by atoms with E-state index in [4.69, 9.17) is 0 Å². The fourth-order valence-corrected chi connectivity index (χ4v) is 4.07. The molecule has 4 heteroatoms. The fourth-order valence-electron chi connectivity index (χ4n) is 4.07. The number of aryl methyl sites for hydroxylation is 1. The van der Waals surface area contributed by atoms with Crippen LogP contribution in [0.1, 0.15) is 38.7 Å². The van der Waals surface area contributed by atoms with Gasteiger partial charge in [-0.15, -0.1) is 0 Å². The molecule has 0 spiro atoms. The predicted octanol–water partition coefficient (Wildman–Crippen LogP) is 4.90. The molecule has 4 nitrogen and oxygen atoms in total. The first kappa shape index (κ1) is 15.1. The molecule has 1 aromatic rings. The van der Waals surface area contributed by atoms with Gasteiger partial charge in [0, 0.05) is 29.4 Å². The van der Waals surface area contributed by atoms with Crippen LogP contribution in [0, 0.1) is 40.7 Å². The summed E-state index contributed by atoms with van der Waals surface area (Å²) >= 11 is 0. The Labute approximate surface area is 131 Å². The molecule has 0 amide bonds. The summed E-state index contributed by atoms with van der Waals surface area (Å²) < 4.78 is 0. The number of nitro groups is 1. The average Bonchev–Trinajstić information content (AvgIpc) is 2.77. The summed E-state index contributed by atoms with van der Waals surface area (Å²) in [5.41, 5.74) is 3.33. The Hall–Kier alpha value is -1.84. The zero-order valence-electron chi connectivity index (χ0n) is 13.5. The molecule has 1 N–H and O–H groups in total. The van der Waals surface area contributed by atoms with Crippen molar-refractivity contribution >= 4 is 11.4 Å². The third-order valence-corrected chi connectivity index (χ3v) is 5.39. The van der Waals surface area contributed by atoms with E-state index < -0.39 is 0 Å². The highest BCUT2D eigenvalue weighted by atomic mass is 16.6. The molecular weight excluding hydrogens is 276 g/mol. The van der Waals surface area contributed by atoms with Crippen LogP contribution in [-0.2, 0) is 0 Å².